The van der Waals surface area contributed by atoms with Crippen LogP contribution in [0.4, 0.5) is 0 Å². The lowest BCUT2D eigenvalue weighted by Gasteiger charge is -2.22. The predicted molar refractivity (Wildman–Crippen MR) is 43.5 cm³/mol. The van der Waals surface area contributed by atoms with Crippen molar-refractivity contribution in [3.63, 3.8) is 0 Å². The third-order valence-corrected chi connectivity index (χ3v) is 5.12. The van der Waals surface area contributed by atoms with Crippen LogP contribution in [0.15, 0.2) is 0 Å². The monoisotopic (exact) mass is 249 g/mol. The summed E-state index contributed by atoms with van der Waals surface area (Å²) in [5.41, 5.74) is 4.75. The maximum Gasteiger partial charge on any atom is 0.342 e. The second-order valence-corrected chi connectivity index (χ2v) is 6.33. The van der Waals surface area contributed by atoms with Crippen LogP contribution in [0.1, 0.15) is 0 Å². The van der Waals surface area contributed by atoms with Crippen LogP contribution < -0.4 is 5.73 Å². The average molecular weight is 249 g/mol. The summed E-state index contributed by atoms with van der Waals surface area (Å²) in [6, 6.07) is -2.32. The van der Waals surface area contributed by atoms with E-state index in [1.165, 1.54) is 0 Å². The van der Waals surface area contributed by atoms with Gasteiger partial charge in [-0.15, -0.1) is 0 Å². The lowest BCUT2D eigenvalue weighted by atomic mass is 10.4. The van der Waals surface area contributed by atoms with Crippen LogP contribution in [0.3, 0.4) is 0 Å². The van der Waals surface area contributed by atoms with Gasteiger partial charge in [0.2, 0.25) is 0 Å². The first-order valence-corrected chi connectivity index (χ1v) is 6.43. The molecule has 0 aliphatic rings. The molecule has 0 fully saturated rings. The molecule has 1 unspecified atom stereocenters. The Balaban J connectivity index is 5.25. The van der Waals surface area contributed by atoms with Crippen molar-refractivity contribution >= 4 is 21.2 Å². The fourth-order valence-electron chi connectivity index (χ4n) is 0.742. The molecule has 9 nitrogen and oxygen atoms in total. The van der Waals surface area contributed by atoms with Crippen molar-refractivity contribution < 1.29 is 38.6 Å². The Kier molecular flexibility index (Phi) is 4.00. The summed E-state index contributed by atoms with van der Waals surface area (Å²) in [6.45, 7) is 0. The van der Waals surface area contributed by atoms with E-state index in [9.17, 15) is 13.9 Å². The van der Waals surface area contributed by atoms with Gasteiger partial charge in [0.1, 0.15) is 6.04 Å². The summed E-state index contributed by atoms with van der Waals surface area (Å²) in [4.78, 5) is 44.3. The Bertz CT molecular complexity index is 293. The average Bonchev–Trinajstić information content (AvgIpc) is 1.79. The van der Waals surface area contributed by atoms with Gasteiger partial charge in [-0.2, -0.15) is 0 Å². The van der Waals surface area contributed by atoms with Crippen LogP contribution in [0.2, 0.25) is 0 Å². The van der Waals surface area contributed by atoms with Gasteiger partial charge < -0.3 is 30.4 Å². The number of hydrogen-bond donors (Lipinski definition) is 6. The van der Waals surface area contributed by atoms with Gasteiger partial charge in [0.25, 0.3) is 0 Å². The van der Waals surface area contributed by atoms with Crippen LogP contribution >= 0.6 is 15.2 Å². The van der Waals surface area contributed by atoms with Gasteiger partial charge in [-0.1, -0.05) is 0 Å². The lowest BCUT2D eigenvalue weighted by Crippen LogP contribution is -2.41. The van der Waals surface area contributed by atoms with Crippen LogP contribution in [0, 0.1) is 0 Å². The number of hydrogen-bond acceptors (Lipinski definition) is 4. The molecule has 0 aliphatic heterocycles. The molecular formula is C3H9NO8P2. The zero-order chi connectivity index (χ0) is 11.7. The summed E-state index contributed by atoms with van der Waals surface area (Å²) >= 11 is 0. The Labute approximate surface area is 77.9 Å². The first kappa shape index (κ1) is 13.7. The zero-order valence-electron chi connectivity index (χ0n) is 6.59. The predicted octanol–water partition coefficient (Wildman–Crippen LogP) is -1.92. The third kappa shape index (κ3) is 3.47. The summed E-state index contributed by atoms with van der Waals surface area (Å²) in [5, 5.41) is 5.55. The Morgan fingerprint density at radius 2 is 1.36 bits per heavy atom. The number of carboxylic acid groups (broad SMARTS) is 1. The van der Waals surface area contributed by atoms with Crippen molar-refractivity contribution in [1.29, 1.82) is 0 Å². The fraction of sp³-hybridized carbons (Fsp3) is 0.667. The van der Waals surface area contributed by atoms with E-state index in [0.717, 1.165) is 0 Å². The van der Waals surface area contributed by atoms with Gasteiger partial charge >= 0.3 is 21.2 Å². The topological polar surface area (TPSA) is 178 Å². The molecule has 0 spiro atoms. The Morgan fingerprint density at radius 1 is 1.07 bits per heavy atom. The third-order valence-electron chi connectivity index (χ3n) is 1.30. The van der Waals surface area contributed by atoms with Crippen LogP contribution in [0.25, 0.3) is 0 Å². The minimum Gasteiger partial charge on any atom is -0.480 e. The van der Waals surface area contributed by atoms with E-state index in [2.05, 4.69) is 0 Å². The summed E-state index contributed by atoms with van der Waals surface area (Å²) < 4.78 is 21.2. The van der Waals surface area contributed by atoms with Gasteiger partial charge in [-0.05, 0) is 0 Å². The summed E-state index contributed by atoms with van der Waals surface area (Å²) in [5.74, 6) is -1.90. The molecule has 0 aromatic rings. The molecule has 0 aromatic carbocycles. The largest absolute Gasteiger partial charge is 0.480 e. The lowest BCUT2D eigenvalue weighted by molar-refractivity contribution is -0.138. The van der Waals surface area contributed by atoms with Gasteiger partial charge in [-0.25, -0.2) is 0 Å². The molecule has 14 heavy (non-hydrogen) atoms. The number of carbonyl (C=O) groups is 1. The van der Waals surface area contributed by atoms with Crippen molar-refractivity contribution in [1.82, 2.24) is 0 Å². The molecule has 11 heteroatoms. The first-order valence-electron chi connectivity index (χ1n) is 3.06. The molecule has 0 saturated heterocycles. The van der Waals surface area contributed by atoms with E-state index in [1.54, 1.807) is 0 Å². The Hall–Kier alpha value is -0.270. The standard InChI is InChI=1S/C3H9NO8P2/c4-1(2(5)6)3(13(7,8)9)14(10,11)12/h1,3H,4H2,(H,5,6)(H2,7,8,9)(H2,10,11,12). The van der Waals surface area contributed by atoms with E-state index in [0.29, 0.717) is 0 Å². The molecule has 0 amide bonds. The molecular weight excluding hydrogens is 240 g/mol. The molecule has 0 rings (SSSR count). The summed E-state index contributed by atoms with van der Waals surface area (Å²) in [7, 11) is -10.6. The second kappa shape index (κ2) is 4.08. The van der Waals surface area contributed by atoms with Crippen molar-refractivity contribution in [2.45, 2.75) is 11.4 Å². The molecule has 7 N–H and O–H groups in total. The molecule has 0 bridgehead atoms. The highest BCUT2D eigenvalue weighted by molar-refractivity contribution is 7.71. The van der Waals surface area contributed by atoms with Crippen LogP contribution in [0.5, 0.6) is 0 Å². The number of aliphatic carboxylic acids is 1. The smallest absolute Gasteiger partial charge is 0.342 e. The molecule has 84 valence electrons. The van der Waals surface area contributed by atoms with Crippen molar-refractivity contribution in [2.75, 3.05) is 0 Å². The van der Waals surface area contributed by atoms with Crippen LogP contribution in [-0.4, -0.2) is 42.1 Å². The highest BCUT2D eigenvalue weighted by Gasteiger charge is 2.50. The van der Waals surface area contributed by atoms with E-state index >= 15 is 0 Å². The maximum absolute atomic E-state index is 10.6. The molecule has 0 radical (unpaired) electrons. The number of nitrogens with two attached hydrogens (primary N) is 1. The Morgan fingerprint density at radius 3 is 1.43 bits per heavy atom. The first-order chi connectivity index (χ1) is 5.98. The van der Waals surface area contributed by atoms with Crippen molar-refractivity contribution in [3.05, 3.63) is 0 Å². The zero-order valence-corrected chi connectivity index (χ0v) is 8.38. The SMILES string of the molecule is NC(C(=O)O)C(P(=O)(O)O)P(=O)(O)O. The molecule has 0 saturated carbocycles. The van der Waals surface area contributed by atoms with E-state index in [1.807, 2.05) is 0 Å². The van der Waals surface area contributed by atoms with Gasteiger partial charge in [0, 0.05) is 0 Å². The molecule has 0 heterocycles. The van der Waals surface area contributed by atoms with Gasteiger partial charge in [-0.3, -0.25) is 13.9 Å². The summed E-state index contributed by atoms with van der Waals surface area (Å²) in [6.07, 6.45) is 0. The van der Waals surface area contributed by atoms with Crippen molar-refractivity contribution in [3.8, 4) is 0 Å². The number of rotatable bonds is 4. The highest BCUT2D eigenvalue weighted by Crippen LogP contribution is 2.60. The molecule has 0 aliphatic carbocycles. The van der Waals surface area contributed by atoms with E-state index in [-0.39, 0.29) is 0 Å². The number of carboxylic acids is 1. The normalized spacial score (nSPS) is 15.6. The second-order valence-electron chi connectivity index (χ2n) is 2.46. The van der Waals surface area contributed by atoms with Gasteiger partial charge in [0.15, 0.2) is 5.40 Å². The maximum atomic E-state index is 10.6. The van der Waals surface area contributed by atoms with E-state index < -0.39 is 32.6 Å². The quantitative estimate of drug-likeness (QED) is 0.309. The minimum absolute atomic E-state index is 1.90. The van der Waals surface area contributed by atoms with Crippen LogP contribution in [-0.2, 0) is 13.9 Å². The van der Waals surface area contributed by atoms with Crippen molar-refractivity contribution in [2.24, 2.45) is 5.73 Å². The minimum atomic E-state index is -5.28. The highest BCUT2D eigenvalue weighted by atomic mass is 31.2. The molecule has 0 aromatic heterocycles. The fourth-order valence-corrected chi connectivity index (χ4v) is 3.40. The van der Waals surface area contributed by atoms with Gasteiger partial charge in [0.05, 0.1) is 0 Å². The van der Waals surface area contributed by atoms with E-state index in [4.69, 9.17) is 30.4 Å². The molecule has 1 atom stereocenters.